The normalized spacial score (nSPS) is 14.5. The molecular weight excluding hydrogens is 218 g/mol. The quantitative estimate of drug-likeness (QED) is 0.739. The SMILES string of the molecule is CCC(C)CC(CC)Nc1cccc(Cl)c1. The summed E-state index contributed by atoms with van der Waals surface area (Å²) in [5.74, 6) is 0.775. The molecule has 0 aliphatic rings. The van der Waals surface area contributed by atoms with E-state index in [-0.39, 0.29) is 0 Å². The van der Waals surface area contributed by atoms with Crippen LogP contribution >= 0.6 is 11.6 Å². The van der Waals surface area contributed by atoms with Gasteiger partial charge in [-0.25, -0.2) is 0 Å². The Labute approximate surface area is 104 Å². The number of nitrogens with one attached hydrogen (secondary N) is 1. The van der Waals surface area contributed by atoms with E-state index in [0.29, 0.717) is 6.04 Å². The van der Waals surface area contributed by atoms with Crippen molar-refractivity contribution in [1.82, 2.24) is 0 Å². The van der Waals surface area contributed by atoms with Gasteiger partial charge in [0.1, 0.15) is 0 Å². The minimum atomic E-state index is 0.549. The fourth-order valence-corrected chi connectivity index (χ4v) is 1.98. The van der Waals surface area contributed by atoms with Crippen LogP contribution in [0.25, 0.3) is 0 Å². The van der Waals surface area contributed by atoms with Crippen LogP contribution in [0.1, 0.15) is 40.0 Å². The van der Waals surface area contributed by atoms with Crippen LogP contribution in [0.2, 0.25) is 5.02 Å². The zero-order valence-corrected chi connectivity index (χ0v) is 11.2. The summed E-state index contributed by atoms with van der Waals surface area (Å²) in [6.45, 7) is 6.78. The highest BCUT2D eigenvalue weighted by molar-refractivity contribution is 6.30. The first-order valence-corrected chi connectivity index (χ1v) is 6.55. The second-order valence-corrected chi connectivity index (χ2v) is 4.95. The molecule has 1 nitrogen and oxygen atoms in total. The molecule has 1 N–H and O–H groups in total. The van der Waals surface area contributed by atoms with Gasteiger partial charge in [0, 0.05) is 16.8 Å². The van der Waals surface area contributed by atoms with Crippen molar-refractivity contribution in [2.24, 2.45) is 5.92 Å². The standard InChI is InChI=1S/C14H22ClN/c1-4-11(3)9-13(5-2)16-14-8-6-7-12(15)10-14/h6-8,10-11,13,16H,4-5,9H2,1-3H3. The van der Waals surface area contributed by atoms with Gasteiger partial charge in [0.25, 0.3) is 0 Å². The molecule has 2 unspecified atom stereocenters. The largest absolute Gasteiger partial charge is 0.382 e. The maximum Gasteiger partial charge on any atom is 0.0426 e. The number of hydrogen-bond donors (Lipinski definition) is 1. The van der Waals surface area contributed by atoms with Gasteiger partial charge in [0.05, 0.1) is 0 Å². The summed E-state index contributed by atoms with van der Waals surface area (Å²) < 4.78 is 0. The first-order chi connectivity index (χ1) is 7.65. The van der Waals surface area contributed by atoms with Gasteiger partial charge < -0.3 is 5.32 Å². The summed E-state index contributed by atoms with van der Waals surface area (Å²) in [5, 5.41) is 4.35. The Bertz CT molecular complexity index is 311. The summed E-state index contributed by atoms with van der Waals surface area (Å²) in [6.07, 6.45) is 3.62. The van der Waals surface area contributed by atoms with Crippen molar-refractivity contribution in [3.05, 3.63) is 29.3 Å². The molecule has 90 valence electrons. The first kappa shape index (κ1) is 13.4. The van der Waals surface area contributed by atoms with E-state index in [2.05, 4.69) is 32.2 Å². The van der Waals surface area contributed by atoms with E-state index in [1.54, 1.807) is 0 Å². The highest BCUT2D eigenvalue weighted by Crippen LogP contribution is 2.20. The van der Waals surface area contributed by atoms with Gasteiger partial charge in [0.2, 0.25) is 0 Å². The second kappa shape index (κ2) is 6.80. The molecule has 0 saturated carbocycles. The lowest BCUT2D eigenvalue weighted by Gasteiger charge is -2.21. The molecule has 0 saturated heterocycles. The molecule has 16 heavy (non-hydrogen) atoms. The molecule has 0 aliphatic heterocycles. The average Bonchev–Trinajstić information content (AvgIpc) is 2.28. The molecule has 0 spiro atoms. The van der Waals surface area contributed by atoms with Gasteiger partial charge in [-0.3, -0.25) is 0 Å². The van der Waals surface area contributed by atoms with Crippen LogP contribution in [-0.4, -0.2) is 6.04 Å². The predicted octanol–water partition coefficient (Wildman–Crippen LogP) is 4.97. The Kier molecular flexibility index (Phi) is 5.68. The van der Waals surface area contributed by atoms with Crippen molar-refractivity contribution < 1.29 is 0 Å². The molecule has 1 rings (SSSR count). The van der Waals surface area contributed by atoms with Crippen LogP contribution in [0.5, 0.6) is 0 Å². The molecule has 2 atom stereocenters. The van der Waals surface area contributed by atoms with Crippen LogP contribution in [-0.2, 0) is 0 Å². The lowest BCUT2D eigenvalue weighted by Crippen LogP contribution is -2.21. The van der Waals surface area contributed by atoms with Crippen molar-refractivity contribution in [2.75, 3.05) is 5.32 Å². The predicted molar refractivity (Wildman–Crippen MR) is 73.2 cm³/mol. The van der Waals surface area contributed by atoms with Crippen molar-refractivity contribution in [2.45, 2.75) is 46.1 Å². The van der Waals surface area contributed by atoms with Crippen LogP contribution in [0.4, 0.5) is 5.69 Å². The summed E-state index contributed by atoms with van der Waals surface area (Å²) in [6, 6.07) is 8.50. The van der Waals surface area contributed by atoms with E-state index in [9.17, 15) is 0 Å². The Morgan fingerprint density at radius 2 is 2.00 bits per heavy atom. The lowest BCUT2D eigenvalue weighted by atomic mass is 9.97. The minimum Gasteiger partial charge on any atom is -0.382 e. The summed E-state index contributed by atoms with van der Waals surface area (Å²) >= 11 is 5.96. The smallest absolute Gasteiger partial charge is 0.0426 e. The fraction of sp³-hybridized carbons (Fsp3) is 0.571. The van der Waals surface area contributed by atoms with Gasteiger partial charge in [-0.15, -0.1) is 0 Å². The Hall–Kier alpha value is -0.690. The molecule has 0 fully saturated rings. The number of rotatable bonds is 6. The fourth-order valence-electron chi connectivity index (χ4n) is 1.79. The van der Waals surface area contributed by atoms with Crippen LogP contribution in [0.15, 0.2) is 24.3 Å². The van der Waals surface area contributed by atoms with Gasteiger partial charge in [-0.1, -0.05) is 44.9 Å². The van der Waals surface area contributed by atoms with Crippen molar-refractivity contribution in [3.63, 3.8) is 0 Å². The summed E-state index contributed by atoms with van der Waals surface area (Å²) in [5.41, 5.74) is 1.13. The van der Waals surface area contributed by atoms with Gasteiger partial charge in [-0.05, 0) is 37.0 Å². The maximum absolute atomic E-state index is 5.96. The van der Waals surface area contributed by atoms with Crippen LogP contribution in [0, 0.1) is 5.92 Å². The van der Waals surface area contributed by atoms with Crippen molar-refractivity contribution >= 4 is 17.3 Å². The third-order valence-corrected chi connectivity index (χ3v) is 3.31. The topological polar surface area (TPSA) is 12.0 Å². The Balaban J connectivity index is 2.56. The van der Waals surface area contributed by atoms with Gasteiger partial charge in [0.15, 0.2) is 0 Å². The summed E-state index contributed by atoms with van der Waals surface area (Å²) in [7, 11) is 0. The number of hydrogen-bond acceptors (Lipinski definition) is 1. The lowest BCUT2D eigenvalue weighted by molar-refractivity contribution is 0.462. The minimum absolute atomic E-state index is 0.549. The monoisotopic (exact) mass is 239 g/mol. The summed E-state index contributed by atoms with van der Waals surface area (Å²) in [4.78, 5) is 0. The molecule has 0 amide bonds. The highest BCUT2D eigenvalue weighted by atomic mass is 35.5. The van der Waals surface area contributed by atoms with E-state index in [1.165, 1.54) is 12.8 Å². The van der Waals surface area contributed by atoms with E-state index in [0.717, 1.165) is 23.0 Å². The molecule has 0 heterocycles. The zero-order chi connectivity index (χ0) is 12.0. The molecule has 0 aromatic heterocycles. The van der Waals surface area contributed by atoms with E-state index in [1.807, 2.05) is 18.2 Å². The highest BCUT2D eigenvalue weighted by Gasteiger charge is 2.10. The maximum atomic E-state index is 5.96. The molecule has 2 heteroatoms. The molecule has 0 radical (unpaired) electrons. The van der Waals surface area contributed by atoms with E-state index in [4.69, 9.17) is 11.6 Å². The van der Waals surface area contributed by atoms with Crippen molar-refractivity contribution in [3.8, 4) is 0 Å². The number of halogens is 1. The van der Waals surface area contributed by atoms with Crippen molar-refractivity contribution in [1.29, 1.82) is 0 Å². The Morgan fingerprint density at radius 3 is 2.56 bits per heavy atom. The second-order valence-electron chi connectivity index (χ2n) is 4.51. The average molecular weight is 240 g/mol. The third kappa shape index (κ3) is 4.44. The first-order valence-electron chi connectivity index (χ1n) is 6.17. The molecule has 1 aromatic carbocycles. The Morgan fingerprint density at radius 1 is 1.25 bits per heavy atom. The molecule has 0 bridgehead atoms. The zero-order valence-electron chi connectivity index (χ0n) is 10.5. The van der Waals surface area contributed by atoms with Gasteiger partial charge in [-0.2, -0.15) is 0 Å². The van der Waals surface area contributed by atoms with E-state index >= 15 is 0 Å². The molecule has 1 aromatic rings. The molecular formula is C14H22ClN. The third-order valence-electron chi connectivity index (χ3n) is 3.07. The van der Waals surface area contributed by atoms with Gasteiger partial charge >= 0.3 is 0 Å². The van der Waals surface area contributed by atoms with Crippen LogP contribution in [0.3, 0.4) is 0 Å². The van der Waals surface area contributed by atoms with Crippen LogP contribution < -0.4 is 5.32 Å². The molecule has 0 aliphatic carbocycles. The van der Waals surface area contributed by atoms with E-state index < -0.39 is 0 Å². The number of benzene rings is 1. The number of anilines is 1.